The SMILES string of the molecule is COc1cc(CN2CCC(C(C)N)C2)ccc1C. The lowest BCUT2D eigenvalue weighted by atomic mass is 10.0. The predicted molar refractivity (Wildman–Crippen MR) is 74.8 cm³/mol. The van der Waals surface area contributed by atoms with Crippen molar-refractivity contribution in [3.63, 3.8) is 0 Å². The fourth-order valence-electron chi connectivity index (χ4n) is 2.66. The molecule has 0 aromatic heterocycles. The predicted octanol–water partition coefficient (Wildman–Crippen LogP) is 2.17. The van der Waals surface area contributed by atoms with Gasteiger partial charge in [0.05, 0.1) is 7.11 Å². The van der Waals surface area contributed by atoms with Crippen molar-refractivity contribution in [3.05, 3.63) is 29.3 Å². The minimum absolute atomic E-state index is 0.308. The second-order valence-corrected chi connectivity index (χ2v) is 5.45. The molecule has 3 heteroatoms. The lowest BCUT2D eigenvalue weighted by molar-refractivity contribution is 0.307. The van der Waals surface area contributed by atoms with Gasteiger partial charge in [-0.1, -0.05) is 12.1 Å². The molecule has 2 rings (SSSR count). The molecule has 1 fully saturated rings. The van der Waals surface area contributed by atoms with Crippen LogP contribution in [0.2, 0.25) is 0 Å². The lowest BCUT2D eigenvalue weighted by Gasteiger charge is -2.18. The van der Waals surface area contributed by atoms with E-state index in [0.717, 1.165) is 25.4 Å². The van der Waals surface area contributed by atoms with Crippen molar-refractivity contribution in [1.29, 1.82) is 0 Å². The molecule has 1 saturated heterocycles. The molecule has 0 radical (unpaired) electrons. The molecule has 100 valence electrons. The Morgan fingerprint density at radius 2 is 2.28 bits per heavy atom. The number of aryl methyl sites for hydroxylation is 1. The van der Waals surface area contributed by atoms with E-state index in [0.29, 0.717) is 12.0 Å². The second-order valence-electron chi connectivity index (χ2n) is 5.45. The molecule has 1 aromatic carbocycles. The van der Waals surface area contributed by atoms with Crippen molar-refractivity contribution in [2.24, 2.45) is 11.7 Å². The first-order valence-electron chi connectivity index (χ1n) is 6.71. The van der Waals surface area contributed by atoms with Gasteiger partial charge in [0.15, 0.2) is 0 Å². The molecule has 1 aromatic rings. The Kier molecular flexibility index (Phi) is 4.25. The summed E-state index contributed by atoms with van der Waals surface area (Å²) in [6.07, 6.45) is 1.22. The highest BCUT2D eigenvalue weighted by molar-refractivity contribution is 5.36. The number of rotatable bonds is 4. The van der Waals surface area contributed by atoms with Crippen LogP contribution in [0.1, 0.15) is 24.5 Å². The van der Waals surface area contributed by atoms with Crippen LogP contribution in [0, 0.1) is 12.8 Å². The zero-order valence-corrected chi connectivity index (χ0v) is 11.6. The Morgan fingerprint density at radius 3 is 2.89 bits per heavy atom. The molecule has 2 unspecified atom stereocenters. The van der Waals surface area contributed by atoms with Crippen LogP contribution >= 0.6 is 0 Å². The Balaban J connectivity index is 1.98. The van der Waals surface area contributed by atoms with Crippen LogP contribution in [0.25, 0.3) is 0 Å². The van der Waals surface area contributed by atoms with Gasteiger partial charge in [0.25, 0.3) is 0 Å². The number of likely N-dealkylation sites (tertiary alicyclic amines) is 1. The van der Waals surface area contributed by atoms with Crippen molar-refractivity contribution in [2.45, 2.75) is 32.9 Å². The lowest BCUT2D eigenvalue weighted by Crippen LogP contribution is -2.29. The second kappa shape index (κ2) is 5.72. The third kappa shape index (κ3) is 3.03. The van der Waals surface area contributed by atoms with E-state index in [1.165, 1.54) is 17.5 Å². The van der Waals surface area contributed by atoms with E-state index in [4.69, 9.17) is 10.5 Å². The minimum Gasteiger partial charge on any atom is -0.496 e. The molecular formula is C15H24N2O. The van der Waals surface area contributed by atoms with E-state index >= 15 is 0 Å². The molecule has 3 nitrogen and oxygen atoms in total. The molecule has 2 atom stereocenters. The molecule has 0 saturated carbocycles. The summed E-state index contributed by atoms with van der Waals surface area (Å²) in [4.78, 5) is 2.48. The van der Waals surface area contributed by atoms with Gasteiger partial charge in [-0.25, -0.2) is 0 Å². The van der Waals surface area contributed by atoms with Gasteiger partial charge in [0.1, 0.15) is 5.75 Å². The van der Waals surface area contributed by atoms with Gasteiger partial charge < -0.3 is 10.5 Å². The molecule has 18 heavy (non-hydrogen) atoms. The van der Waals surface area contributed by atoms with Crippen LogP contribution in [0.5, 0.6) is 5.75 Å². The zero-order chi connectivity index (χ0) is 13.1. The first-order valence-corrected chi connectivity index (χ1v) is 6.71. The number of benzene rings is 1. The van der Waals surface area contributed by atoms with E-state index in [9.17, 15) is 0 Å². The van der Waals surface area contributed by atoms with E-state index in [1.807, 2.05) is 0 Å². The topological polar surface area (TPSA) is 38.5 Å². The van der Waals surface area contributed by atoms with Gasteiger partial charge in [-0.3, -0.25) is 4.90 Å². The normalized spacial score (nSPS) is 22.1. The molecule has 0 amide bonds. The van der Waals surface area contributed by atoms with Crippen molar-refractivity contribution >= 4 is 0 Å². The van der Waals surface area contributed by atoms with Crippen molar-refractivity contribution in [2.75, 3.05) is 20.2 Å². The van der Waals surface area contributed by atoms with Crippen molar-refractivity contribution in [3.8, 4) is 5.75 Å². The molecule has 2 N–H and O–H groups in total. The molecule has 1 heterocycles. The van der Waals surface area contributed by atoms with E-state index in [1.54, 1.807) is 7.11 Å². The molecular weight excluding hydrogens is 224 g/mol. The Hall–Kier alpha value is -1.06. The first-order chi connectivity index (χ1) is 8.60. The maximum Gasteiger partial charge on any atom is 0.122 e. The van der Waals surface area contributed by atoms with Gasteiger partial charge in [0, 0.05) is 19.1 Å². The summed E-state index contributed by atoms with van der Waals surface area (Å²) < 4.78 is 5.37. The number of hydrogen-bond acceptors (Lipinski definition) is 3. The molecule has 0 spiro atoms. The third-order valence-electron chi connectivity index (χ3n) is 3.93. The van der Waals surface area contributed by atoms with Gasteiger partial charge in [-0.2, -0.15) is 0 Å². The number of nitrogens with zero attached hydrogens (tertiary/aromatic N) is 1. The fraction of sp³-hybridized carbons (Fsp3) is 0.600. The van der Waals surface area contributed by atoms with Crippen LogP contribution < -0.4 is 10.5 Å². The zero-order valence-electron chi connectivity index (χ0n) is 11.6. The smallest absolute Gasteiger partial charge is 0.122 e. The van der Waals surface area contributed by atoms with E-state index in [-0.39, 0.29) is 0 Å². The van der Waals surface area contributed by atoms with E-state index < -0.39 is 0 Å². The average molecular weight is 248 g/mol. The van der Waals surface area contributed by atoms with Crippen LogP contribution in [0.15, 0.2) is 18.2 Å². The first kappa shape index (κ1) is 13.4. The van der Waals surface area contributed by atoms with Crippen LogP contribution in [0.4, 0.5) is 0 Å². The van der Waals surface area contributed by atoms with Crippen molar-refractivity contribution < 1.29 is 4.74 Å². The summed E-state index contributed by atoms with van der Waals surface area (Å²) in [5, 5.41) is 0. The summed E-state index contributed by atoms with van der Waals surface area (Å²) in [7, 11) is 1.73. The van der Waals surface area contributed by atoms with Gasteiger partial charge in [0.2, 0.25) is 0 Å². The molecule has 0 aliphatic carbocycles. The average Bonchev–Trinajstić information content (AvgIpc) is 2.80. The maximum atomic E-state index is 5.97. The molecule has 1 aliphatic heterocycles. The largest absolute Gasteiger partial charge is 0.496 e. The Labute approximate surface area is 110 Å². The van der Waals surface area contributed by atoms with Crippen LogP contribution in [-0.2, 0) is 6.54 Å². The molecule has 1 aliphatic rings. The van der Waals surface area contributed by atoms with Crippen LogP contribution in [0.3, 0.4) is 0 Å². The summed E-state index contributed by atoms with van der Waals surface area (Å²) in [5.41, 5.74) is 8.49. The summed E-state index contributed by atoms with van der Waals surface area (Å²) in [6.45, 7) is 7.46. The Bertz CT molecular complexity index is 403. The highest BCUT2D eigenvalue weighted by atomic mass is 16.5. The Morgan fingerprint density at radius 1 is 1.50 bits per heavy atom. The standard InChI is InChI=1S/C15H24N2O/c1-11-4-5-13(8-15(11)18-3)9-17-7-6-14(10-17)12(2)16/h4-5,8,12,14H,6-7,9-10,16H2,1-3H3. The van der Waals surface area contributed by atoms with E-state index in [2.05, 4.69) is 36.9 Å². The van der Waals surface area contributed by atoms with Gasteiger partial charge in [-0.15, -0.1) is 0 Å². The number of nitrogens with two attached hydrogens (primary N) is 1. The maximum absolute atomic E-state index is 5.97. The number of ether oxygens (including phenoxy) is 1. The highest BCUT2D eigenvalue weighted by Gasteiger charge is 2.24. The highest BCUT2D eigenvalue weighted by Crippen LogP contribution is 2.23. The molecule has 0 bridgehead atoms. The van der Waals surface area contributed by atoms with Gasteiger partial charge in [-0.05, 0) is 49.9 Å². The fourth-order valence-corrected chi connectivity index (χ4v) is 2.66. The van der Waals surface area contributed by atoms with Crippen LogP contribution in [-0.4, -0.2) is 31.1 Å². The summed E-state index contributed by atoms with van der Waals surface area (Å²) >= 11 is 0. The summed E-state index contributed by atoms with van der Waals surface area (Å²) in [5.74, 6) is 1.63. The number of methoxy groups -OCH3 is 1. The quantitative estimate of drug-likeness (QED) is 0.887. The minimum atomic E-state index is 0.308. The monoisotopic (exact) mass is 248 g/mol. The number of hydrogen-bond donors (Lipinski definition) is 1. The third-order valence-corrected chi connectivity index (χ3v) is 3.93. The van der Waals surface area contributed by atoms with Crippen molar-refractivity contribution in [1.82, 2.24) is 4.90 Å². The summed E-state index contributed by atoms with van der Waals surface area (Å²) in [6, 6.07) is 6.78. The van der Waals surface area contributed by atoms with Gasteiger partial charge >= 0.3 is 0 Å².